The predicted molar refractivity (Wildman–Crippen MR) is 116 cm³/mol. The Kier molecular flexibility index (Phi) is 7.87. The van der Waals surface area contributed by atoms with E-state index in [9.17, 15) is 0 Å². The van der Waals surface area contributed by atoms with Crippen LogP contribution in [0.2, 0.25) is 0 Å². The molecule has 2 aromatic rings. The highest BCUT2D eigenvalue weighted by Gasteiger charge is 2.35. The number of methoxy groups -OCH3 is 1. The van der Waals surface area contributed by atoms with Gasteiger partial charge in [0.2, 0.25) is 5.88 Å². The molecule has 1 aromatic carbocycles. The van der Waals surface area contributed by atoms with Crippen LogP contribution in [0.4, 0.5) is 0 Å². The van der Waals surface area contributed by atoms with Gasteiger partial charge in [0.1, 0.15) is 6.61 Å². The minimum atomic E-state index is 0.182. The third-order valence-corrected chi connectivity index (χ3v) is 5.59. The van der Waals surface area contributed by atoms with Crippen LogP contribution in [0.5, 0.6) is 5.88 Å². The molecule has 0 bridgehead atoms. The van der Waals surface area contributed by atoms with E-state index in [-0.39, 0.29) is 5.41 Å². The third-order valence-electron chi connectivity index (χ3n) is 5.59. The van der Waals surface area contributed by atoms with Crippen molar-refractivity contribution in [1.29, 1.82) is 0 Å². The van der Waals surface area contributed by atoms with Gasteiger partial charge in [-0.1, -0.05) is 49.2 Å². The first kappa shape index (κ1) is 21.1. The number of hydrogen-bond acceptors (Lipinski definition) is 4. The zero-order chi connectivity index (χ0) is 20.4. The van der Waals surface area contributed by atoms with E-state index in [1.54, 1.807) is 20.4 Å². The summed E-state index contributed by atoms with van der Waals surface area (Å²) in [5.41, 5.74) is 2.59. The number of aromatic nitrogens is 1. The van der Waals surface area contributed by atoms with Crippen LogP contribution in [-0.2, 0) is 16.7 Å². The molecule has 29 heavy (non-hydrogen) atoms. The quantitative estimate of drug-likeness (QED) is 0.387. The summed E-state index contributed by atoms with van der Waals surface area (Å²) in [6.07, 6.45) is 6.71. The standard InChI is InChI=1S/C23H32N4O2/c1-24-22(26-17-19-9-8-14-25-21(19)29-16-15-28-2)27-18-23(12-6-7-13-23)20-10-4-3-5-11-20/h3-5,8-11,14H,6-7,12-13,15-18H2,1-2H3,(H2,24,26,27). The largest absolute Gasteiger partial charge is 0.475 e. The molecule has 0 aliphatic heterocycles. The highest BCUT2D eigenvalue weighted by atomic mass is 16.5. The monoisotopic (exact) mass is 396 g/mol. The van der Waals surface area contributed by atoms with Crippen molar-refractivity contribution < 1.29 is 9.47 Å². The number of benzene rings is 1. The predicted octanol–water partition coefficient (Wildman–Crippen LogP) is 3.28. The van der Waals surface area contributed by atoms with E-state index >= 15 is 0 Å². The lowest BCUT2D eigenvalue weighted by molar-refractivity contribution is 0.143. The molecule has 0 amide bonds. The molecular formula is C23H32N4O2. The molecule has 2 N–H and O–H groups in total. The lowest BCUT2D eigenvalue weighted by Crippen LogP contribution is -2.44. The van der Waals surface area contributed by atoms with Gasteiger partial charge in [-0.15, -0.1) is 0 Å². The molecule has 1 fully saturated rings. The Labute approximate surface area is 173 Å². The van der Waals surface area contributed by atoms with Gasteiger partial charge in [-0.25, -0.2) is 4.98 Å². The molecule has 1 heterocycles. The lowest BCUT2D eigenvalue weighted by Gasteiger charge is -2.30. The Hall–Kier alpha value is -2.60. The Morgan fingerprint density at radius 1 is 1.07 bits per heavy atom. The number of rotatable bonds is 9. The van der Waals surface area contributed by atoms with Gasteiger partial charge in [-0.2, -0.15) is 0 Å². The normalized spacial score (nSPS) is 15.9. The molecule has 0 spiro atoms. The van der Waals surface area contributed by atoms with Gasteiger partial charge in [0.15, 0.2) is 5.96 Å². The van der Waals surface area contributed by atoms with Crippen LogP contribution in [0.3, 0.4) is 0 Å². The zero-order valence-corrected chi connectivity index (χ0v) is 17.5. The SMILES string of the molecule is CN=C(NCc1cccnc1OCCOC)NCC1(c2ccccc2)CCCC1. The maximum atomic E-state index is 5.72. The molecule has 0 radical (unpaired) electrons. The van der Waals surface area contributed by atoms with Crippen molar-refractivity contribution in [2.45, 2.75) is 37.6 Å². The maximum absolute atomic E-state index is 5.72. The van der Waals surface area contributed by atoms with Crippen LogP contribution in [0.15, 0.2) is 53.7 Å². The number of pyridine rings is 1. The molecule has 1 aromatic heterocycles. The lowest BCUT2D eigenvalue weighted by atomic mass is 9.79. The summed E-state index contributed by atoms with van der Waals surface area (Å²) in [4.78, 5) is 8.74. The number of hydrogen-bond donors (Lipinski definition) is 2. The van der Waals surface area contributed by atoms with E-state index < -0.39 is 0 Å². The smallest absolute Gasteiger partial charge is 0.218 e. The van der Waals surface area contributed by atoms with Crippen LogP contribution >= 0.6 is 0 Å². The second-order valence-electron chi connectivity index (χ2n) is 7.44. The highest BCUT2D eigenvalue weighted by Crippen LogP contribution is 2.40. The number of guanidine groups is 1. The summed E-state index contributed by atoms with van der Waals surface area (Å²) in [7, 11) is 3.46. The number of nitrogens with one attached hydrogen (secondary N) is 2. The first-order chi connectivity index (χ1) is 14.3. The molecule has 1 saturated carbocycles. The Bertz CT molecular complexity index is 773. The molecule has 0 saturated heterocycles. The minimum Gasteiger partial charge on any atom is -0.475 e. The van der Waals surface area contributed by atoms with Crippen molar-refractivity contribution in [3.63, 3.8) is 0 Å². The van der Waals surface area contributed by atoms with E-state index in [1.165, 1.54) is 31.2 Å². The third kappa shape index (κ3) is 5.70. The highest BCUT2D eigenvalue weighted by molar-refractivity contribution is 5.79. The van der Waals surface area contributed by atoms with E-state index in [0.29, 0.717) is 25.6 Å². The van der Waals surface area contributed by atoms with Gasteiger partial charge in [0.25, 0.3) is 0 Å². The van der Waals surface area contributed by atoms with Crippen LogP contribution in [0, 0.1) is 0 Å². The fourth-order valence-corrected chi connectivity index (χ4v) is 3.97. The van der Waals surface area contributed by atoms with E-state index in [0.717, 1.165) is 18.1 Å². The van der Waals surface area contributed by atoms with E-state index in [4.69, 9.17) is 9.47 Å². The van der Waals surface area contributed by atoms with Crippen LogP contribution in [-0.4, -0.2) is 44.9 Å². The van der Waals surface area contributed by atoms with Gasteiger partial charge in [-0.05, 0) is 24.5 Å². The molecule has 6 heteroatoms. The van der Waals surface area contributed by atoms with Gasteiger partial charge >= 0.3 is 0 Å². The maximum Gasteiger partial charge on any atom is 0.218 e. The van der Waals surface area contributed by atoms with Crippen LogP contribution in [0.25, 0.3) is 0 Å². The zero-order valence-electron chi connectivity index (χ0n) is 17.5. The van der Waals surface area contributed by atoms with Crippen molar-refractivity contribution in [1.82, 2.24) is 15.6 Å². The summed E-state index contributed by atoms with van der Waals surface area (Å²) >= 11 is 0. The van der Waals surface area contributed by atoms with Crippen molar-refractivity contribution in [2.24, 2.45) is 4.99 Å². The molecule has 6 nitrogen and oxygen atoms in total. The number of nitrogens with zero attached hydrogens (tertiary/aromatic N) is 2. The fraction of sp³-hybridized carbons (Fsp3) is 0.478. The van der Waals surface area contributed by atoms with Crippen molar-refractivity contribution in [3.8, 4) is 5.88 Å². The topological polar surface area (TPSA) is 67.8 Å². The fourth-order valence-electron chi connectivity index (χ4n) is 3.97. The van der Waals surface area contributed by atoms with Gasteiger partial charge in [0, 0.05) is 44.4 Å². The summed E-state index contributed by atoms with van der Waals surface area (Å²) < 4.78 is 10.8. The van der Waals surface area contributed by atoms with Crippen molar-refractivity contribution >= 4 is 5.96 Å². The number of aliphatic imine (C=N–C) groups is 1. The molecule has 1 aliphatic rings. The van der Waals surface area contributed by atoms with Crippen LogP contribution in [0.1, 0.15) is 36.8 Å². The summed E-state index contributed by atoms with van der Waals surface area (Å²) in [5, 5.41) is 6.95. The minimum absolute atomic E-state index is 0.182. The Morgan fingerprint density at radius 3 is 2.59 bits per heavy atom. The first-order valence-electron chi connectivity index (χ1n) is 10.3. The van der Waals surface area contributed by atoms with E-state index in [2.05, 4.69) is 50.9 Å². The second-order valence-corrected chi connectivity index (χ2v) is 7.44. The first-order valence-corrected chi connectivity index (χ1v) is 10.3. The molecule has 0 atom stereocenters. The Balaban J connectivity index is 1.59. The van der Waals surface area contributed by atoms with E-state index in [1.807, 2.05) is 12.1 Å². The average molecular weight is 397 g/mol. The second kappa shape index (κ2) is 10.8. The van der Waals surface area contributed by atoms with Crippen LogP contribution < -0.4 is 15.4 Å². The molecule has 3 rings (SSSR count). The molecule has 1 aliphatic carbocycles. The van der Waals surface area contributed by atoms with Gasteiger partial charge in [0.05, 0.1) is 6.61 Å². The summed E-state index contributed by atoms with van der Waals surface area (Å²) in [6, 6.07) is 14.8. The average Bonchev–Trinajstić information content (AvgIpc) is 3.26. The van der Waals surface area contributed by atoms with Crippen molar-refractivity contribution in [3.05, 3.63) is 59.8 Å². The molecule has 0 unspecified atom stereocenters. The molecule has 156 valence electrons. The molecular weight excluding hydrogens is 364 g/mol. The van der Waals surface area contributed by atoms with Gasteiger partial charge < -0.3 is 20.1 Å². The van der Waals surface area contributed by atoms with Gasteiger partial charge in [-0.3, -0.25) is 4.99 Å². The summed E-state index contributed by atoms with van der Waals surface area (Å²) in [6.45, 7) is 2.48. The number of ether oxygens (including phenoxy) is 2. The van der Waals surface area contributed by atoms with Crippen molar-refractivity contribution in [2.75, 3.05) is 33.9 Å². The Morgan fingerprint density at radius 2 is 1.86 bits per heavy atom. The summed E-state index contributed by atoms with van der Waals surface area (Å²) in [5.74, 6) is 1.42.